The first-order valence-electron chi connectivity index (χ1n) is 8.40. The number of carbonyl (C=O) groups is 1. The summed E-state index contributed by atoms with van der Waals surface area (Å²) < 4.78 is 23.7. The summed E-state index contributed by atoms with van der Waals surface area (Å²) in [5, 5.41) is 13.7. The van der Waals surface area contributed by atoms with Gasteiger partial charge in [-0.25, -0.2) is 4.79 Å². The predicted octanol–water partition coefficient (Wildman–Crippen LogP) is 3.30. The summed E-state index contributed by atoms with van der Waals surface area (Å²) in [7, 11) is 0. The average molecular weight is 310 g/mol. The van der Waals surface area contributed by atoms with E-state index in [4.69, 9.17) is 7.16 Å². The zero-order valence-electron chi connectivity index (χ0n) is 14.5. The topological polar surface area (TPSA) is 68.3 Å². The van der Waals surface area contributed by atoms with Gasteiger partial charge in [-0.2, -0.15) is 5.10 Å². The van der Waals surface area contributed by atoms with Crippen molar-refractivity contribution in [2.75, 3.05) is 0 Å². The lowest BCUT2D eigenvalue weighted by molar-refractivity contribution is 0.0659. The Morgan fingerprint density at radius 2 is 2.17 bits per heavy atom. The molecule has 0 unspecified atom stereocenters. The SMILES string of the molecule is [2H]C([2H])(c1ccccc1)n1cc2c(n1)-c1c(oc(C(=O)O)c1C)CC2. The highest BCUT2D eigenvalue weighted by molar-refractivity contribution is 5.90. The summed E-state index contributed by atoms with van der Waals surface area (Å²) in [6.07, 6.45) is 2.92. The third-order valence-electron chi connectivity index (χ3n) is 4.08. The van der Waals surface area contributed by atoms with Crippen molar-refractivity contribution in [2.24, 2.45) is 0 Å². The molecule has 1 aliphatic carbocycles. The van der Waals surface area contributed by atoms with Gasteiger partial charge >= 0.3 is 5.97 Å². The minimum Gasteiger partial charge on any atom is -0.475 e. The number of nitrogens with zero attached hydrogens (tertiary/aromatic N) is 2. The third-order valence-corrected chi connectivity index (χ3v) is 4.08. The number of fused-ring (bicyclic) bond motifs is 3. The van der Waals surface area contributed by atoms with Gasteiger partial charge in [0.2, 0.25) is 5.76 Å². The number of carboxylic acids is 1. The van der Waals surface area contributed by atoms with E-state index in [0.717, 1.165) is 5.56 Å². The van der Waals surface area contributed by atoms with Crippen molar-refractivity contribution in [3.05, 3.63) is 64.7 Å². The van der Waals surface area contributed by atoms with Crippen LogP contribution in [0.25, 0.3) is 11.3 Å². The van der Waals surface area contributed by atoms with Gasteiger partial charge in [0.25, 0.3) is 0 Å². The molecule has 0 atom stereocenters. The van der Waals surface area contributed by atoms with E-state index < -0.39 is 12.5 Å². The maximum atomic E-state index is 11.3. The van der Waals surface area contributed by atoms with Crippen LogP contribution in [0.3, 0.4) is 0 Å². The number of benzene rings is 1. The van der Waals surface area contributed by atoms with Gasteiger partial charge < -0.3 is 9.52 Å². The maximum Gasteiger partial charge on any atom is 0.372 e. The lowest BCUT2D eigenvalue weighted by Gasteiger charge is -2.09. The van der Waals surface area contributed by atoms with E-state index in [1.807, 2.05) is 6.07 Å². The summed E-state index contributed by atoms with van der Waals surface area (Å²) in [6, 6.07) is 8.85. The fourth-order valence-corrected chi connectivity index (χ4v) is 3.02. The number of aromatic carboxylic acids is 1. The Balaban J connectivity index is 1.85. The molecule has 0 spiro atoms. The molecule has 0 radical (unpaired) electrons. The molecule has 4 rings (SSSR count). The predicted molar refractivity (Wildman–Crippen MR) is 84.6 cm³/mol. The number of furan rings is 1. The van der Waals surface area contributed by atoms with Crippen LogP contribution in [0, 0.1) is 6.92 Å². The van der Waals surface area contributed by atoms with Crippen LogP contribution in [0.2, 0.25) is 0 Å². The minimum absolute atomic E-state index is 0.0709. The third kappa shape index (κ3) is 2.25. The highest BCUT2D eigenvalue weighted by Crippen LogP contribution is 2.38. The first-order valence-corrected chi connectivity index (χ1v) is 7.40. The molecule has 5 nitrogen and oxygen atoms in total. The Hall–Kier alpha value is -2.82. The summed E-state index contributed by atoms with van der Waals surface area (Å²) >= 11 is 0. The monoisotopic (exact) mass is 310 g/mol. The zero-order valence-corrected chi connectivity index (χ0v) is 12.5. The number of rotatable bonds is 3. The van der Waals surface area contributed by atoms with Gasteiger partial charge in [-0.1, -0.05) is 30.3 Å². The van der Waals surface area contributed by atoms with E-state index in [2.05, 4.69) is 5.10 Å². The fourth-order valence-electron chi connectivity index (χ4n) is 3.02. The van der Waals surface area contributed by atoms with Gasteiger partial charge in [0, 0.05) is 23.7 Å². The van der Waals surface area contributed by atoms with E-state index in [0.29, 0.717) is 41.0 Å². The molecule has 0 bridgehead atoms. The van der Waals surface area contributed by atoms with Crippen LogP contribution in [0.4, 0.5) is 0 Å². The van der Waals surface area contributed by atoms with Gasteiger partial charge in [0.05, 0.1) is 14.9 Å². The van der Waals surface area contributed by atoms with Crippen LogP contribution in [0.5, 0.6) is 0 Å². The Labute approximate surface area is 136 Å². The van der Waals surface area contributed by atoms with Gasteiger partial charge in [0.1, 0.15) is 5.76 Å². The second-order valence-corrected chi connectivity index (χ2v) is 5.58. The van der Waals surface area contributed by atoms with E-state index in [1.54, 1.807) is 37.4 Å². The smallest absolute Gasteiger partial charge is 0.372 e. The van der Waals surface area contributed by atoms with Crippen LogP contribution in [0.1, 0.15) is 35.7 Å². The zero-order chi connectivity index (χ0) is 17.8. The molecule has 0 saturated heterocycles. The van der Waals surface area contributed by atoms with Crippen molar-refractivity contribution >= 4 is 5.97 Å². The molecule has 0 saturated carbocycles. The molecule has 116 valence electrons. The molecule has 5 heteroatoms. The number of aryl methyl sites for hydroxylation is 2. The Bertz CT molecular complexity index is 974. The molecule has 2 heterocycles. The largest absolute Gasteiger partial charge is 0.475 e. The standard InChI is InChI=1S/C18H16N2O3/c1-11-15-14(23-17(11)18(21)22)8-7-13-10-20(19-16(13)15)9-12-5-3-2-4-6-12/h2-6,10H,7-9H2,1H3,(H,21,22)/i9D2. The van der Waals surface area contributed by atoms with Crippen molar-refractivity contribution in [1.82, 2.24) is 9.78 Å². The summed E-state index contributed by atoms with van der Waals surface area (Å²) in [5.41, 5.74) is 3.23. The van der Waals surface area contributed by atoms with Crippen LogP contribution in [-0.2, 0) is 19.3 Å². The fraction of sp³-hybridized carbons (Fsp3) is 0.222. The molecular formula is C18H16N2O3. The van der Waals surface area contributed by atoms with Crippen LogP contribution >= 0.6 is 0 Å². The molecule has 0 fully saturated rings. The highest BCUT2D eigenvalue weighted by Gasteiger charge is 2.29. The molecule has 0 amide bonds. The van der Waals surface area contributed by atoms with Gasteiger partial charge in [-0.3, -0.25) is 4.68 Å². The van der Waals surface area contributed by atoms with Crippen molar-refractivity contribution in [2.45, 2.75) is 26.3 Å². The second kappa shape index (κ2) is 5.12. The van der Waals surface area contributed by atoms with E-state index >= 15 is 0 Å². The van der Waals surface area contributed by atoms with Crippen LogP contribution < -0.4 is 0 Å². The van der Waals surface area contributed by atoms with Gasteiger partial charge in [-0.05, 0) is 24.5 Å². The quantitative estimate of drug-likeness (QED) is 0.806. The molecule has 1 N–H and O–H groups in total. The Morgan fingerprint density at radius 3 is 2.91 bits per heavy atom. The Kier molecular flexibility index (Phi) is 2.61. The summed E-state index contributed by atoms with van der Waals surface area (Å²) in [6.45, 7) is -0.0994. The van der Waals surface area contributed by atoms with E-state index in [9.17, 15) is 9.90 Å². The Morgan fingerprint density at radius 1 is 1.39 bits per heavy atom. The molecule has 2 aromatic heterocycles. The summed E-state index contributed by atoms with van der Waals surface area (Å²) in [4.78, 5) is 11.3. The lowest BCUT2D eigenvalue weighted by Crippen LogP contribution is -2.01. The molecule has 1 aromatic carbocycles. The first-order chi connectivity index (χ1) is 11.9. The minimum atomic E-state index is -1.80. The number of carboxylic acid groups (broad SMARTS) is 1. The number of hydrogen-bond acceptors (Lipinski definition) is 3. The van der Waals surface area contributed by atoms with Crippen molar-refractivity contribution in [1.29, 1.82) is 0 Å². The molecule has 0 aliphatic heterocycles. The van der Waals surface area contributed by atoms with E-state index in [-0.39, 0.29) is 5.76 Å². The van der Waals surface area contributed by atoms with Crippen molar-refractivity contribution in [3.8, 4) is 11.3 Å². The normalized spacial score (nSPS) is 14.7. The molecular weight excluding hydrogens is 292 g/mol. The van der Waals surface area contributed by atoms with Crippen LogP contribution in [0.15, 0.2) is 40.9 Å². The first kappa shape index (κ1) is 11.7. The average Bonchev–Trinajstić information content (AvgIpc) is 3.17. The van der Waals surface area contributed by atoms with Gasteiger partial charge in [0.15, 0.2) is 0 Å². The van der Waals surface area contributed by atoms with Crippen molar-refractivity contribution < 1.29 is 17.1 Å². The maximum absolute atomic E-state index is 11.3. The van der Waals surface area contributed by atoms with Crippen LogP contribution in [-0.4, -0.2) is 20.9 Å². The second-order valence-electron chi connectivity index (χ2n) is 5.58. The number of hydrogen-bond donors (Lipinski definition) is 1. The highest BCUT2D eigenvalue weighted by atomic mass is 16.4. The van der Waals surface area contributed by atoms with Crippen molar-refractivity contribution in [3.63, 3.8) is 0 Å². The van der Waals surface area contributed by atoms with Gasteiger partial charge in [-0.15, -0.1) is 0 Å². The molecule has 1 aliphatic rings. The summed E-state index contributed by atoms with van der Waals surface area (Å²) in [5.74, 6) is -0.570. The number of aromatic nitrogens is 2. The molecule has 3 aromatic rings. The van der Waals surface area contributed by atoms with E-state index in [1.165, 1.54) is 4.68 Å². The lowest BCUT2D eigenvalue weighted by atomic mass is 9.94. The molecule has 23 heavy (non-hydrogen) atoms.